The topological polar surface area (TPSA) is 93.8 Å². The molecule has 1 unspecified atom stereocenters. The number of carbonyl (C=O) groups excluding carboxylic acids is 1. The second kappa shape index (κ2) is 8.75. The molecule has 7 nitrogen and oxygen atoms in total. The minimum Gasteiger partial charge on any atom is -0.391 e. The average Bonchev–Trinajstić information content (AvgIpc) is 3.32. The maximum absolute atomic E-state index is 11.7. The van der Waals surface area contributed by atoms with Crippen molar-refractivity contribution in [1.82, 2.24) is 10.5 Å². The summed E-state index contributed by atoms with van der Waals surface area (Å²) < 4.78 is 15.1. The first-order valence-electron chi connectivity index (χ1n) is 8.32. The van der Waals surface area contributed by atoms with Gasteiger partial charge >= 0.3 is 0 Å². The smallest absolute Gasteiger partial charge is 0.273 e. The van der Waals surface area contributed by atoms with E-state index in [-0.39, 0.29) is 18.2 Å². The standard InChI is InChI=1S/C10H14N2O4.C8H8O/c13-4-8-6-16-12-9(8)10(14)11-3-7-1-2-15-5-7;1-2-7-4-8(3-1)6-9-5-7/h6-7,13H,1-5H2,(H,11,14);1-4H,5-6H2. The number of fused-ring (bicyclic) bond motifs is 2. The van der Waals surface area contributed by atoms with Crippen molar-refractivity contribution in [3.05, 3.63) is 52.9 Å². The fourth-order valence-corrected chi connectivity index (χ4v) is 2.72. The van der Waals surface area contributed by atoms with Crippen LogP contribution in [0.25, 0.3) is 0 Å². The van der Waals surface area contributed by atoms with Gasteiger partial charge in [-0.1, -0.05) is 29.4 Å². The van der Waals surface area contributed by atoms with Gasteiger partial charge < -0.3 is 24.4 Å². The fraction of sp³-hybridized carbons (Fsp3) is 0.444. The molecule has 1 amide bonds. The number of aliphatic hydroxyl groups is 1. The predicted molar refractivity (Wildman–Crippen MR) is 88.6 cm³/mol. The SMILES string of the molecule is O=C(NCC1CCOC1)c1nocc1CO.c1cc2cc(c1)COC2. The number of hydrogen-bond donors (Lipinski definition) is 2. The van der Waals surface area contributed by atoms with E-state index >= 15 is 0 Å². The van der Waals surface area contributed by atoms with Gasteiger partial charge in [-0.3, -0.25) is 4.79 Å². The molecule has 0 radical (unpaired) electrons. The van der Waals surface area contributed by atoms with Gasteiger partial charge in [-0.15, -0.1) is 0 Å². The molecule has 2 bridgehead atoms. The summed E-state index contributed by atoms with van der Waals surface area (Å²) in [4.78, 5) is 11.7. The van der Waals surface area contributed by atoms with Crippen molar-refractivity contribution in [3.63, 3.8) is 0 Å². The van der Waals surface area contributed by atoms with E-state index < -0.39 is 0 Å². The lowest BCUT2D eigenvalue weighted by Crippen LogP contribution is -2.30. The molecule has 2 aromatic rings. The molecule has 2 aliphatic rings. The van der Waals surface area contributed by atoms with Gasteiger partial charge in [-0.05, 0) is 17.5 Å². The summed E-state index contributed by atoms with van der Waals surface area (Å²) >= 11 is 0. The fourth-order valence-electron chi connectivity index (χ4n) is 2.72. The minimum absolute atomic E-state index is 0.154. The molecular weight excluding hydrogens is 324 g/mol. The Bertz CT molecular complexity index is 675. The van der Waals surface area contributed by atoms with Crippen LogP contribution in [0.3, 0.4) is 0 Å². The Morgan fingerprint density at radius 1 is 1.28 bits per heavy atom. The Morgan fingerprint density at radius 3 is 2.72 bits per heavy atom. The van der Waals surface area contributed by atoms with Crippen LogP contribution in [-0.4, -0.2) is 35.9 Å². The third kappa shape index (κ3) is 4.88. The molecule has 25 heavy (non-hydrogen) atoms. The lowest BCUT2D eigenvalue weighted by molar-refractivity contribution is 0.0933. The Hall–Kier alpha value is -2.22. The van der Waals surface area contributed by atoms with Gasteiger partial charge in [0.2, 0.25) is 0 Å². The Kier molecular flexibility index (Phi) is 6.16. The van der Waals surface area contributed by atoms with Crippen molar-refractivity contribution in [2.24, 2.45) is 5.92 Å². The van der Waals surface area contributed by atoms with Crippen LogP contribution < -0.4 is 5.32 Å². The molecule has 1 aromatic heterocycles. The Morgan fingerprint density at radius 2 is 2.08 bits per heavy atom. The monoisotopic (exact) mass is 346 g/mol. The molecule has 0 saturated carbocycles. The van der Waals surface area contributed by atoms with E-state index in [1.807, 2.05) is 0 Å². The zero-order valence-electron chi connectivity index (χ0n) is 13.9. The largest absolute Gasteiger partial charge is 0.391 e. The number of rotatable bonds is 4. The molecule has 7 heteroatoms. The van der Waals surface area contributed by atoms with Gasteiger partial charge in [-0.25, -0.2) is 0 Å². The van der Waals surface area contributed by atoms with Crippen LogP contribution in [0.2, 0.25) is 0 Å². The molecule has 2 N–H and O–H groups in total. The van der Waals surface area contributed by atoms with Gasteiger partial charge in [0.1, 0.15) is 6.26 Å². The number of benzene rings is 1. The molecule has 0 aliphatic carbocycles. The van der Waals surface area contributed by atoms with Crippen LogP contribution in [0.1, 0.15) is 33.6 Å². The minimum atomic E-state index is -0.315. The zero-order valence-corrected chi connectivity index (χ0v) is 13.9. The van der Waals surface area contributed by atoms with Crippen molar-refractivity contribution in [1.29, 1.82) is 0 Å². The summed E-state index contributed by atoms with van der Waals surface area (Å²) in [5.41, 5.74) is 3.14. The van der Waals surface area contributed by atoms with Crippen LogP contribution in [0.5, 0.6) is 0 Å². The summed E-state index contributed by atoms with van der Waals surface area (Å²) in [6, 6.07) is 8.43. The van der Waals surface area contributed by atoms with Crippen LogP contribution in [0.15, 0.2) is 35.1 Å². The molecule has 1 aromatic carbocycles. The van der Waals surface area contributed by atoms with Crippen molar-refractivity contribution < 1.29 is 23.9 Å². The van der Waals surface area contributed by atoms with E-state index in [1.165, 1.54) is 17.4 Å². The van der Waals surface area contributed by atoms with E-state index in [4.69, 9.17) is 14.6 Å². The van der Waals surface area contributed by atoms with Crippen LogP contribution >= 0.6 is 0 Å². The molecule has 1 atom stereocenters. The highest BCUT2D eigenvalue weighted by Gasteiger charge is 2.19. The third-order valence-electron chi connectivity index (χ3n) is 4.13. The number of hydrogen-bond acceptors (Lipinski definition) is 6. The quantitative estimate of drug-likeness (QED) is 0.874. The number of nitrogens with one attached hydrogen (secondary N) is 1. The highest BCUT2D eigenvalue weighted by molar-refractivity contribution is 5.93. The summed E-state index contributed by atoms with van der Waals surface area (Å²) in [5, 5.41) is 15.2. The van der Waals surface area contributed by atoms with Crippen LogP contribution in [-0.2, 0) is 29.3 Å². The Balaban J connectivity index is 0.000000170. The van der Waals surface area contributed by atoms with Crippen molar-refractivity contribution in [3.8, 4) is 0 Å². The molecule has 1 saturated heterocycles. The first-order chi connectivity index (χ1) is 12.3. The third-order valence-corrected chi connectivity index (χ3v) is 4.13. The first-order valence-corrected chi connectivity index (χ1v) is 8.32. The number of ether oxygens (including phenoxy) is 2. The van der Waals surface area contributed by atoms with E-state index in [0.29, 0.717) is 24.6 Å². The van der Waals surface area contributed by atoms with E-state index in [0.717, 1.165) is 26.2 Å². The molecular formula is C18H22N2O5. The maximum Gasteiger partial charge on any atom is 0.273 e. The van der Waals surface area contributed by atoms with Crippen LogP contribution in [0, 0.1) is 5.92 Å². The zero-order chi connectivity index (χ0) is 17.5. The van der Waals surface area contributed by atoms with Gasteiger partial charge in [0.05, 0.1) is 32.0 Å². The predicted octanol–water partition coefficient (Wildman–Crippen LogP) is 1.65. The number of nitrogens with zero attached hydrogens (tertiary/aromatic N) is 1. The normalized spacial score (nSPS) is 18.4. The van der Waals surface area contributed by atoms with E-state index in [2.05, 4.69) is 39.3 Å². The highest BCUT2D eigenvalue weighted by Crippen LogP contribution is 2.13. The lowest BCUT2D eigenvalue weighted by atomic mass is 10.1. The molecule has 134 valence electrons. The number of aromatic nitrogens is 1. The number of aliphatic hydroxyl groups excluding tert-OH is 1. The van der Waals surface area contributed by atoms with Crippen molar-refractivity contribution >= 4 is 5.91 Å². The number of carbonyl (C=O) groups is 1. The Labute approximate surface area is 145 Å². The van der Waals surface area contributed by atoms with Crippen molar-refractivity contribution in [2.45, 2.75) is 26.2 Å². The second-order valence-electron chi connectivity index (χ2n) is 6.10. The highest BCUT2D eigenvalue weighted by atomic mass is 16.5. The first kappa shape index (κ1) is 17.6. The molecule has 4 rings (SSSR count). The van der Waals surface area contributed by atoms with Gasteiger partial charge in [-0.2, -0.15) is 0 Å². The van der Waals surface area contributed by atoms with Crippen molar-refractivity contribution in [2.75, 3.05) is 19.8 Å². The maximum atomic E-state index is 11.7. The van der Waals surface area contributed by atoms with Gasteiger partial charge in [0.15, 0.2) is 5.69 Å². The van der Waals surface area contributed by atoms with Gasteiger partial charge in [0, 0.05) is 19.1 Å². The van der Waals surface area contributed by atoms with E-state index in [1.54, 1.807) is 0 Å². The average molecular weight is 346 g/mol. The summed E-state index contributed by atoms with van der Waals surface area (Å²) in [5.74, 6) is 0.0538. The molecule has 0 spiro atoms. The summed E-state index contributed by atoms with van der Waals surface area (Å²) in [6.45, 7) is 3.33. The lowest BCUT2D eigenvalue weighted by Gasteiger charge is -2.11. The van der Waals surface area contributed by atoms with Crippen LogP contribution in [0.4, 0.5) is 0 Å². The molecule has 1 fully saturated rings. The molecule has 2 aliphatic heterocycles. The summed E-state index contributed by atoms with van der Waals surface area (Å²) in [7, 11) is 0. The van der Waals surface area contributed by atoms with E-state index in [9.17, 15) is 4.79 Å². The summed E-state index contributed by atoms with van der Waals surface area (Å²) in [6.07, 6.45) is 2.24. The second-order valence-corrected chi connectivity index (χ2v) is 6.10. The molecule has 3 heterocycles. The van der Waals surface area contributed by atoms with Gasteiger partial charge in [0.25, 0.3) is 5.91 Å². The number of amides is 1.